The highest BCUT2D eigenvalue weighted by atomic mass is 79.9. The van der Waals surface area contributed by atoms with Crippen LogP contribution in [0.1, 0.15) is 25.5 Å². The molecule has 0 aliphatic carbocycles. The Kier molecular flexibility index (Phi) is 3.89. The molecule has 1 aromatic carbocycles. The molecular formula is C14H19BrN2. The molecule has 0 atom stereocenters. The molecule has 2 aromatic rings. The number of nitrogens with zero attached hydrogens (tertiary/aromatic N) is 1. The highest BCUT2D eigenvalue weighted by Crippen LogP contribution is 2.30. The highest BCUT2D eigenvalue weighted by Gasteiger charge is 2.12. The van der Waals surface area contributed by atoms with Gasteiger partial charge in [0.2, 0.25) is 0 Å². The second kappa shape index (κ2) is 5.23. The van der Waals surface area contributed by atoms with Gasteiger partial charge in [-0.05, 0) is 61.4 Å². The zero-order valence-corrected chi connectivity index (χ0v) is 12.2. The maximum Gasteiger partial charge on any atom is 0.0629 e. The van der Waals surface area contributed by atoms with Gasteiger partial charge in [-0.1, -0.05) is 12.1 Å². The highest BCUT2D eigenvalue weighted by molar-refractivity contribution is 9.10. The first-order valence-electron chi connectivity index (χ1n) is 6.07. The van der Waals surface area contributed by atoms with Crippen LogP contribution in [0.15, 0.2) is 28.9 Å². The fraction of sp³-hybridized carbons (Fsp3) is 0.429. The molecule has 0 unspecified atom stereocenters. The van der Waals surface area contributed by atoms with Crippen LogP contribution in [0.5, 0.6) is 0 Å². The number of hydrogen-bond donors (Lipinski definition) is 1. The number of benzene rings is 1. The van der Waals surface area contributed by atoms with E-state index in [4.69, 9.17) is 0 Å². The first kappa shape index (κ1) is 12.7. The monoisotopic (exact) mass is 294 g/mol. The van der Waals surface area contributed by atoms with E-state index in [0.717, 1.165) is 13.0 Å². The van der Waals surface area contributed by atoms with Gasteiger partial charge < -0.3 is 9.88 Å². The number of likely N-dealkylation sites (N-methyl/N-ethyl adjacent to an activating group) is 1. The van der Waals surface area contributed by atoms with Crippen molar-refractivity contribution < 1.29 is 0 Å². The second-order valence-corrected chi connectivity index (χ2v) is 5.50. The summed E-state index contributed by atoms with van der Waals surface area (Å²) < 4.78 is 3.53. The van der Waals surface area contributed by atoms with Gasteiger partial charge in [0.1, 0.15) is 0 Å². The van der Waals surface area contributed by atoms with Gasteiger partial charge in [-0.15, -0.1) is 0 Å². The van der Waals surface area contributed by atoms with Gasteiger partial charge in [0.05, 0.1) is 5.52 Å². The van der Waals surface area contributed by atoms with Crippen LogP contribution in [0, 0.1) is 0 Å². The van der Waals surface area contributed by atoms with Gasteiger partial charge >= 0.3 is 0 Å². The molecule has 1 aromatic heterocycles. The Hall–Kier alpha value is -0.800. The SMILES string of the molecule is CNCCc1cn(C(C)C)c2c(Br)cccc12. The minimum atomic E-state index is 0.486. The predicted molar refractivity (Wildman–Crippen MR) is 77.7 cm³/mol. The summed E-state index contributed by atoms with van der Waals surface area (Å²) in [5, 5.41) is 4.58. The van der Waals surface area contributed by atoms with Crippen molar-refractivity contribution in [3.63, 3.8) is 0 Å². The molecule has 1 heterocycles. The molecule has 0 radical (unpaired) electrons. The molecule has 2 rings (SSSR count). The fourth-order valence-electron chi connectivity index (χ4n) is 2.21. The minimum Gasteiger partial charge on any atom is -0.344 e. The number of hydrogen-bond acceptors (Lipinski definition) is 1. The van der Waals surface area contributed by atoms with Crippen LogP contribution in [-0.4, -0.2) is 18.2 Å². The molecule has 1 N–H and O–H groups in total. The Morgan fingerprint density at radius 1 is 1.35 bits per heavy atom. The predicted octanol–water partition coefficient (Wildman–Crippen LogP) is 3.75. The summed E-state index contributed by atoms with van der Waals surface area (Å²) in [5.41, 5.74) is 2.73. The zero-order chi connectivity index (χ0) is 12.4. The molecule has 0 spiro atoms. The molecule has 3 heteroatoms. The Morgan fingerprint density at radius 2 is 2.12 bits per heavy atom. The Labute approximate surface area is 111 Å². The lowest BCUT2D eigenvalue weighted by Gasteiger charge is -2.10. The van der Waals surface area contributed by atoms with Gasteiger partial charge in [0, 0.05) is 22.1 Å². The van der Waals surface area contributed by atoms with E-state index in [9.17, 15) is 0 Å². The summed E-state index contributed by atoms with van der Waals surface area (Å²) in [4.78, 5) is 0. The van der Waals surface area contributed by atoms with E-state index in [1.807, 2.05) is 7.05 Å². The molecule has 0 aliphatic rings. The van der Waals surface area contributed by atoms with Crippen molar-refractivity contribution in [2.75, 3.05) is 13.6 Å². The van der Waals surface area contributed by atoms with E-state index in [1.165, 1.54) is 20.9 Å². The molecule has 0 saturated heterocycles. The lowest BCUT2D eigenvalue weighted by molar-refractivity contribution is 0.619. The minimum absolute atomic E-state index is 0.486. The lowest BCUT2D eigenvalue weighted by atomic mass is 10.1. The lowest BCUT2D eigenvalue weighted by Crippen LogP contribution is -2.10. The molecule has 2 nitrogen and oxygen atoms in total. The second-order valence-electron chi connectivity index (χ2n) is 4.64. The van der Waals surface area contributed by atoms with Gasteiger partial charge in [-0.2, -0.15) is 0 Å². The summed E-state index contributed by atoms with van der Waals surface area (Å²) in [7, 11) is 2.00. The molecular weight excluding hydrogens is 276 g/mol. The molecule has 0 aliphatic heterocycles. The molecule has 0 amide bonds. The zero-order valence-electron chi connectivity index (χ0n) is 10.6. The number of para-hydroxylation sites is 1. The largest absolute Gasteiger partial charge is 0.344 e. The first-order chi connectivity index (χ1) is 8.15. The van der Waals surface area contributed by atoms with Crippen LogP contribution in [0.25, 0.3) is 10.9 Å². The summed E-state index contributed by atoms with van der Waals surface area (Å²) in [6, 6.07) is 6.92. The average molecular weight is 295 g/mol. The van der Waals surface area contributed by atoms with Crippen molar-refractivity contribution in [2.24, 2.45) is 0 Å². The van der Waals surface area contributed by atoms with E-state index in [2.05, 4.69) is 64.1 Å². The smallest absolute Gasteiger partial charge is 0.0629 e. The molecule has 92 valence electrons. The standard InChI is InChI=1S/C14H19BrN2/c1-10(2)17-9-11(7-8-16-3)12-5-4-6-13(15)14(12)17/h4-6,9-10,16H,7-8H2,1-3H3. The summed E-state index contributed by atoms with van der Waals surface area (Å²) in [5.74, 6) is 0. The maximum atomic E-state index is 3.66. The van der Waals surface area contributed by atoms with Crippen LogP contribution in [0.3, 0.4) is 0 Å². The van der Waals surface area contributed by atoms with E-state index < -0.39 is 0 Å². The van der Waals surface area contributed by atoms with Crippen molar-refractivity contribution in [3.05, 3.63) is 34.4 Å². The molecule has 0 fully saturated rings. The quantitative estimate of drug-likeness (QED) is 0.909. The van der Waals surface area contributed by atoms with Crippen LogP contribution >= 0.6 is 15.9 Å². The summed E-state index contributed by atoms with van der Waals surface area (Å²) in [6.45, 7) is 5.46. The molecule has 0 saturated carbocycles. The average Bonchev–Trinajstić information content (AvgIpc) is 2.67. The normalized spacial score (nSPS) is 11.6. The van der Waals surface area contributed by atoms with E-state index in [1.54, 1.807) is 0 Å². The number of rotatable bonds is 4. The summed E-state index contributed by atoms with van der Waals surface area (Å²) >= 11 is 3.66. The van der Waals surface area contributed by atoms with Gasteiger partial charge in [0.25, 0.3) is 0 Å². The Morgan fingerprint density at radius 3 is 2.76 bits per heavy atom. The number of aromatic nitrogens is 1. The molecule has 0 bridgehead atoms. The van der Waals surface area contributed by atoms with Gasteiger partial charge in [-0.3, -0.25) is 0 Å². The fourth-order valence-corrected chi connectivity index (χ4v) is 2.78. The number of halogens is 1. The third-order valence-corrected chi connectivity index (χ3v) is 3.73. The van der Waals surface area contributed by atoms with E-state index in [0.29, 0.717) is 6.04 Å². The van der Waals surface area contributed by atoms with E-state index >= 15 is 0 Å². The molecule has 17 heavy (non-hydrogen) atoms. The first-order valence-corrected chi connectivity index (χ1v) is 6.87. The van der Waals surface area contributed by atoms with Crippen molar-refractivity contribution in [1.82, 2.24) is 9.88 Å². The van der Waals surface area contributed by atoms with Crippen molar-refractivity contribution in [2.45, 2.75) is 26.3 Å². The van der Waals surface area contributed by atoms with Gasteiger partial charge in [0.15, 0.2) is 0 Å². The summed E-state index contributed by atoms with van der Waals surface area (Å²) in [6.07, 6.45) is 3.36. The maximum absolute atomic E-state index is 3.66. The Balaban J connectivity index is 2.58. The van der Waals surface area contributed by atoms with Gasteiger partial charge in [-0.25, -0.2) is 0 Å². The van der Waals surface area contributed by atoms with Crippen molar-refractivity contribution in [1.29, 1.82) is 0 Å². The Bertz CT molecular complexity index is 514. The van der Waals surface area contributed by atoms with Crippen LogP contribution in [-0.2, 0) is 6.42 Å². The number of nitrogens with one attached hydrogen (secondary N) is 1. The van der Waals surface area contributed by atoms with Crippen molar-refractivity contribution >= 4 is 26.8 Å². The van der Waals surface area contributed by atoms with Crippen molar-refractivity contribution in [3.8, 4) is 0 Å². The van der Waals surface area contributed by atoms with Crippen LogP contribution in [0.4, 0.5) is 0 Å². The third kappa shape index (κ3) is 2.40. The van der Waals surface area contributed by atoms with Crippen LogP contribution in [0.2, 0.25) is 0 Å². The number of fused-ring (bicyclic) bond motifs is 1. The van der Waals surface area contributed by atoms with E-state index in [-0.39, 0.29) is 0 Å². The topological polar surface area (TPSA) is 17.0 Å². The third-order valence-electron chi connectivity index (χ3n) is 3.09. The van der Waals surface area contributed by atoms with Crippen LogP contribution < -0.4 is 5.32 Å².